The van der Waals surface area contributed by atoms with E-state index in [1.54, 1.807) is 13.8 Å². The molecule has 2 unspecified atom stereocenters. The van der Waals surface area contributed by atoms with Gasteiger partial charge in [-0.15, -0.1) is 0 Å². The molecule has 0 aliphatic carbocycles. The van der Waals surface area contributed by atoms with Gasteiger partial charge in [0.05, 0.1) is 6.61 Å². The molecule has 2 atom stereocenters. The molecule has 0 aromatic carbocycles. The Bertz CT molecular complexity index is 160. The first-order valence-electron chi connectivity index (χ1n) is 3.79. The quantitative estimate of drug-likeness (QED) is 0.517. The second-order valence-electron chi connectivity index (χ2n) is 2.01. The van der Waals surface area contributed by atoms with Gasteiger partial charge in [-0.05, 0) is 20.8 Å². The Morgan fingerprint density at radius 2 is 2.00 bits per heavy atom. The minimum absolute atomic E-state index is 0.132. The maximum atomic E-state index is 10.9. The molecule has 0 heterocycles. The molecular weight excluding hydrogens is 183 g/mol. The number of phosphoric ester groups is 1. The summed E-state index contributed by atoms with van der Waals surface area (Å²) in [4.78, 5) is 8.94. The highest BCUT2D eigenvalue weighted by Crippen LogP contribution is 2.44. The first kappa shape index (κ1) is 12.1. The van der Waals surface area contributed by atoms with Crippen LogP contribution in [0.25, 0.3) is 0 Å². The van der Waals surface area contributed by atoms with Crippen molar-refractivity contribution < 1.29 is 23.2 Å². The van der Waals surface area contributed by atoms with Crippen molar-refractivity contribution in [2.75, 3.05) is 13.2 Å². The van der Waals surface area contributed by atoms with Crippen molar-refractivity contribution in [3.8, 4) is 0 Å². The van der Waals surface area contributed by atoms with Crippen molar-refractivity contribution in [1.29, 1.82) is 0 Å². The van der Waals surface area contributed by atoms with E-state index in [2.05, 4.69) is 9.05 Å². The Kier molecular flexibility index (Phi) is 5.70. The zero-order valence-corrected chi connectivity index (χ0v) is 8.41. The minimum Gasteiger partial charge on any atom is -0.353 e. The second kappa shape index (κ2) is 5.67. The molecule has 0 aromatic heterocycles. The fourth-order valence-corrected chi connectivity index (χ4v) is 1.47. The van der Waals surface area contributed by atoms with Crippen molar-refractivity contribution >= 4 is 7.82 Å². The van der Waals surface area contributed by atoms with Gasteiger partial charge in [-0.1, -0.05) is 0 Å². The predicted octanol–water partition coefficient (Wildman–Crippen LogP) is 1.52. The van der Waals surface area contributed by atoms with Gasteiger partial charge in [0.25, 0.3) is 0 Å². The van der Waals surface area contributed by atoms with Crippen molar-refractivity contribution in [1.82, 2.24) is 0 Å². The van der Waals surface area contributed by atoms with Crippen LogP contribution in [0.3, 0.4) is 0 Å². The maximum Gasteiger partial charge on any atom is 0.474 e. The van der Waals surface area contributed by atoms with Crippen molar-refractivity contribution in [3.63, 3.8) is 0 Å². The van der Waals surface area contributed by atoms with Crippen LogP contribution in [0.5, 0.6) is 0 Å². The van der Waals surface area contributed by atoms with Crippen LogP contribution in [-0.2, 0) is 18.3 Å². The SMILES string of the molecule is CCOC(C)OP(=O)(O)OCC. The lowest BCUT2D eigenvalue weighted by atomic mass is 10.7. The second-order valence-corrected chi connectivity index (χ2v) is 3.42. The van der Waals surface area contributed by atoms with Crippen molar-refractivity contribution in [2.24, 2.45) is 0 Å². The Hall–Kier alpha value is 0.0700. The molecule has 0 bridgehead atoms. The molecule has 0 spiro atoms. The molecule has 0 rings (SSSR count). The van der Waals surface area contributed by atoms with Crippen LogP contribution in [0.4, 0.5) is 0 Å². The van der Waals surface area contributed by atoms with E-state index < -0.39 is 14.1 Å². The fourth-order valence-electron chi connectivity index (χ4n) is 0.646. The normalized spacial score (nSPS) is 18.7. The first-order chi connectivity index (χ1) is 5.52. The maximum absolute atomic E-state index is 10.9. The predicted molar refractivity (Wildman–Crippen MR) is 43.6 cm³/mol. The van der Waals surface area contributed by atoms with Gasteiger partial charge in [0, 0.05) is 6.61 Å². The molecule has 6 heteroatoms. The van der Waals surface area contributed by atoms with Gasteiger partial charge in [-0.3, -0.25) is 9.05 Å². The smallest absolute Gasteiger partial charge is 0.353 e. The molecular formula is C6H15O5P. The van der Waals surface area contributed by atoms with E-state index in [1.165, 1.54) is 6.92 Å². The standard InChI is InChI=1S/C6H15O5P/c1-4-9-6(3)11-12(7,8)10-5-2/h6H,4-5H2,1-3H3,(H,7,8). The summed E-state index contributed by atoms with van der Waals surface area (Å²) in [5.74, 6) is 0. The zero-order chi connectivity index (χ0) is 9.61. The van der Waals surface area contributed by atoms with Gasteiger partial charge in [0.1, 0.15) is 0 Å². The lowest BCUT2D eigenvalue weighted by Gasteiger charge is -2.16. The van der Waals surface area contributed by atoms with E-state index in [0.717, 1.165) is 0 Å². The molecule has 74 valence electrons. The Balaban J connectivity index is 3.79. The molecule has 0 saturated heterocycles. The summed E-state index contributed by atoms with van der Waals surface area (Å²) in [5.41, 5.74) is 0. The van der Waals surface area contributed by atoms with E-state index in [1.807, 2.05) is 0 Å². The molecule has 0 aliphatic heterocycles. The number of hydrogen-bond acceptors (Lipinski definition) is 4. The number of rotatable bonds is 6. The zero-order valence-electron chi connectivity index (χ0n) is 7.52. The molecule has 5 nitrogen and oxygen atoms in total. The van der Waals surface area contributed by atoms with Crippen LogP contribution in [0.2, 0.25) is 0 Å². The van der Waals surface area contributed by atoms with Gasteiger partial charge in [-0.2, -0.15) is 0 Å². The van der Waals surface area contributed by atoms with E-state index in [-0.39, 0.29) is 6.61 Å². The van der Waals surface area contributed by atoms with Crippen LogP contribution < -0.4 is 0 Å². The fraction of sp³-hybridized carbons (Fsp3) is 1.00. The highest BCUT2D eigenvalue weighted by Gasteiger charge is 2.23. The molecule has 0 aromatic rings. The van der Waals surface area contributed by atoms with E-state index in [0.29, 0.717) is 6.61 Å². The molecule has 0 radical (unpaired) electrons. The average Bonchev–Trinajstić information content (AvgIpc) is 1.85. The molecule has 0 saturated carbocycles. The topological polar surface area (TPSA) is 65.0 Å². The highest BCUT2D eigenvalue weighted by molar-refractivity contribution is 7.47. The van der Waals surface area contributed by atoms with E-state index in [9.17, 15) is 4.57 Å². The van der Waals surface area contributed by atoms with Crippen molar-refractivity contribution in [2.45, 2.75) is 27.1 Å². The number of phosphoric acid groups is 1. The lowest BCUT2D eigenvalue weighted by molar-refractivity contribution is -0.0779. The van der Waals surface area contributed by atoms with Gasteiger partial charge in [0.2, 0.25) is 0 Å². The monoisotopic (exact) mass is 198 g/mol. The van der Waals surface area contributed by atoms with Crippen LogP contribution in [0, 0.1) is 0 Å². The van der Waals surface area contributed by atoms with Crippen LogP contribution in [0.1, 0.15) is 20.8 Å². The molecule has 12 heavy (non-hydrogen) atoms. The average molecular weight is 198 g/mol. The summed E-state index contributed by atoms with van der Waals surface area (Å²) >= 11 is 0. The number of hydrogen-bond donors (Lipinski definition) is 1. The Morgan fingerprint density at radius 1 is 1.42 bits per heavy atom. The largest absolute Gasteiger partial charge is 0.474 e. The minimum atomic E-state index is -3.90. The highest BCUT2D eigenvalue weighted by atomic mass is 31.2. The van der Waals surface area contributed by atoms with E-state index >= 15 is 0 Å². The third kappa shape index (κ3) is 5.69. The van der Waals surface area contributed by atoms with Gasteiger partial charge in [0.15, 0.2) is 6.29 Å². The van der Waals surface area contributed by atoms with Crippen LogP contribution in [0.15, 0.2) is 0 Å². The summed E-state index contributed by atoms with van der Waals surface area (Å²) in [5, 5.41) is 0. The molecule has 0 fully saturated rings. The first-order valence-corrected chi connectivity index (χ1v) is 5.28. The van der Waals surface area contributed by atoms with Crippen LogP contribution >= 0.6 is 7.82 Å². The van der Waals surface area contributed by atoms with E-state index in [4.69, 9.17) is 9.63 Å². The van der Waals surface area contributed by atoms with Crippen LogP contribution in [-0.4, -0.2) is 24.4 Å². The summed E-state index contributed by atoms with van der Waals surface area (Å²) < 4.78 is 24.9. The third-order valence-corrected chi connectivity index (χ3v) is 2.12. The van der Waals surface area contributed by atoms with Gasteiger partial charge < -0.3 is 9.63 Å². The van der Waals surface area contributed by atoms with Crippen molar-refractivity contribution in [3.05, 3.63) is 0 Å². The summed E-state index contributed by atoms with van der Waals surface area (Å²) in [6, 6.07) is 0. The summed E-state index contributed by atoms with van der Waals surface area (Å²) in [7, 11) is -3.90. The third-order valence-electron chi connectivity index (χ3n) is 0.975. The number of ether oxygens (including phenoxy) is 1. The lowest BCUT2D eigenvalue weighted by Crippen LogP contribution is -2.11. The molecule has 0 amide bonds. The Labute approximate surface area is 72.2 Å². The molecule has 0 aliphatic rings. The summed E-state index contributed by atoms with van der Waals surface area (Å²) in [6.45, 7) is 5.46. The van der Waals surface area contributed by atoms with Gasteiger partial charge >= 0.3 is 7.82 Å². The molecule has 1 N–H and O–H groups in total. The van der Waals surface area contributed by atoms with Gasteiger partial charge in [-0.25, -0.2) is 4.57 Å². The summed E-state index contributed by atoms with van der Waals surface area (Å²) in [6.07, 6.45) is -0.725. The Morgan fingerprint density at radius 3 is 2.42 bits per heavy atom.